The topological polar surface area (TPSA) is 129 Å². The van der Waals surface area contributed by atoms with Gasteiger partial charge in [-0.25, -0.2) is 0 Å². The zero-order valence-corrected chi connectivity index (χ0v) is 11.5. The zero-order chi connectivity index (χ0) is 16.0. The third-order valence-corrected chi connectivity index (χ3v) is 3.07. The van der Waals surface area contributed by atoms with E-state index in [1.54, 1.807) is 0 Å². The summed E-state index contributed by atoms with van der Waals surface area (Å²) in [6.07, 6.45) is 3.40. The Bertz CT molecular complexity index is 537. The van der Waals surface area contributed by atoms with Gasteiger partial charge in [-0.3, -0.25) is 30.3 Å². The van der Waals surface area contributed by atoms with E-state index >= 15 is 0 Å². The first-order valence-electron chi connectivity index (χ1n) is 6.48. The van der Waals surface area contributed by atoms with Crippen LogP contribution in [0.5, 0.6) is 0 Å². The minimum Gasteiger partial charge on any atom is -0.258 e. The molecule has 1 aromatic rings. The summed E-state index contributed by atoms with van der Waals surface area (Å²) >= 11 is 0. The van der Waals surface area contributed by atoms with Crippen LogP contribution in [0.25, 0.3) is 0 Å². The zero-order valence-electron chi connectivity index (χ0n) is 11.5. The van der Waals surface area contributed by atoms with Gasteiger partial charge in [0.25, 0.3) is 17.1 Å². The van der Waals surface area contributed by atoms with Crippen LogP contribution in [0.15, 0.2) is 12.1 Å². The molecule has 9 heteroatoms. The summed E-state index contributed by atoms with van der Waals surface area (Å²) in [6, 6.07) is 1.56. The minimum absolute atomic E-state index is 0.0493. The SMILES string of the molecule is CCCCCCc1c([N+](=O)[O-])cc([N+](=O)[O-])cc1[N+](=O)[O-]. The van der Waals surface area contributed by atoms with Crippen LogP contribution in [0.4, 0.5) is 17.1 Å². The predicted octanol–water partition coefficient (Wildman–Crippen LogP) is 3.53. The Morgan fingerprint density at radius 1 is 0.857 bits per heavy atom. The van der Waals surface area contributed by atoms with Crippen molar-refractivity contribution in [2.75, 3.05) is 0 Å². The highest BCUT2D eigenvalue weighted by atomic mass is 16.6. The first-order chi connectivity index (χ1) is 9.88. The number of unbranched alkanes of at least 4 members (excludes halogenated alkanes) is 3. The Morgan fingerprint density at radius 3 is 1.76 bits per heavy atom. The van der Waals surface area contributed by atoms with Crippen LogP contribution in [0, 0.1) is 30.3 Å². The van der Waals surface area contributed by atoms with E-state index in [4.69, 9.17) is 0 Å². The number of hydrogen-bond donors (Lipinski definition) is 0. The van der Waals surface area contributed by atoms with Gasteiger partial charge < -0.3 is 0 Å². The second-order valence-corrected chi connectivity index (χ2v) is 4.54. The minimum atomic E-state index is -0.874. The van der Waals surface area contributed by atoms with E-state index in [2.05, 4.69) is 0 Å². The number of non-ortho nitro benzene ring substituents is 1. The molecular formula is C12H15N3O6. The molecular weight excluding hydrogens is 282 g/mol. The Hall–Kier alpha value is -2.58. The van der Waals surface area contributed by atoms with Crippen molar-refractivity contribution in [3.8, 4) is 0 Å². The lowest BCUT2D eigenvalue weighted by Gasteiger charge is -2.04. The molecule has 21 heavy (non-hydrogen) atoms. The maximum Gasteiger partial charge on any atom is 0.286 e. The molecule has 0 aliphatic carbocycles. The molecule has 0 amide bonds. The Balaban J connectivity index is 3.26. The molecule has 0 bridgehead atoms. The van der Waals surface area contributed by atoms with Crippen LogP contribution in [0.2, 0.25) is 0 Å². The lowest BCUT2D eigenvalue weighted by Crippen LogP contribution is -2.03. The van der Waals surface area contributed by atoms with Gasteiger partial charge in [0.15, 0.2) is 0 Å². The molecule has 0 fully saturated rings. The maximum absolute atomic E-state index is 11.0. The molecule has 0 N–H and O–H groups in total. The maximum atomic E-state index is 11.0. The molecule has 1 aromatic carbocycles. The molecule has 1 rings (SSSR count). The molecule has 0 aromatic heterocycles. The Kier molecular flexibility index (Phi) is 5.70. The number of nitro groups is 3. The van der Waals surface area contributed by atoms with E-state index in [-0.39, 0.29) is 12.0 Å². The first-order valence-corrected chi connectivity index (χ1v) is 6.48. The summed E-state index contributed by atoms with van der Waals surface area (Å²) in [7, 11) is 0. The molecule has 9 nitrogen and oxygen atoms in total. The predicted molar refractivity (Wildman–Crippen MR) is 74.3 cm³/mol. The van der Waals surface area contributed by atoms with Gasteiger partial charge in [0.1, 0.15) is 5.56 Å². The normalized spacial score (nSPS) is 10.3. The largest absolute Gasteiger partial charge is 0.286 e. The number of nitro benzene ring substituents is 3. The standard InChI is InChI=1S/C12H15N3O6/c1-2-3-4-5-6-10-11(14(18)19)7-9(13(16)17)8-12(10)15(20)21/h7-8H,2-6H2,1H3. The van der Waals surface area contributed by atoms with E-state index in [1.165, 1.54) is 0 Å². The van der Waals surface area contributed by atoms with Gasteiger partial charge >= 0.3 is 0 Å². The third-order valence-electron chi connectivity index (χ3n) is 3.07. The third kappa shape index (κ3) is 4.20. The van der Waals surface area contributed by atoms with Gasteiger partial charge in [0.05, 0.1) is 26.9 Å². The van der Waals surface area contributed by atoms with Crippen LogP contribution >= 0.6 is 0 Å². The summed E-state index contributed by atoms with van der Waals surface area (Å²) in [5, 5.41) is 32.8. The molecule has 0 atom stereocenters. The van der Waals surface area contributed by atoms with Crippen molar-refractivity contribution in [3.63, 3.8) is 0 Å². The van der Waals surface area contributed by atoms with Crippen molar-refractivity contribution in [1.29, 1.82) is 0 Å². The van der Waals surface area contributed by atoms with Crippen LogP contribution in [0.3, 0.4) is 0 Å². The average molecular weight is 297 g/mol. The van der Waals surface area contributed by atoms with Crippen molar-refractivity contribution in [2.24, 2.45) is 0 Å². The summed E-state index contributed by atoms with van der Waals surface area (Å²) in [5.41, 5.74) is -1.82. The van der Waals surface area contributed by atoms with E-state index in [9.17, 15) is 30.3 Å². The van der Waals surface area contributed by atoms with Crippen LogP contribution in [0.1, 0.15) is 38.2 Å². The van der Waals surface area contributed by atoms with Crippen molar-refractivity contribution in [1.82, 2.24) is 0 Å². The van der Waals surface area contributed by atoms with Gasteiger partial charge in [-0.2, -0.15) is 0 Å². The van der Waals surface area contributed by atoms with Gasteiger partial charge in [0, 0.05) is 0 Å². The summed E-state index contributed by atoms with van der Waals surface area (Å²) < 4.78 is 0. The fraction of sp³-hybridized carbons (Fsp3) is 0.500. The molecule has 114 valence electrons. The molecule has 0 saturated heterocycles. The van der Waals surface area contributed by atoms with Crippen LogP contribution in [-0.2, 0) is 6.42 Å². The number of rotatable bonds is 8. The second kappa shape index (κ2) is 7.27. The van der Waals surface area contributed by atoms with Gasteiger partial charge in [-0.05, 0) is 12.8 Å². The molecule has 0 unspecified atom stereocenters. The van der Waals surface area contributed by atoms with E-state index < -0.39 is 31.8 Å². The van der Waals surface area contributed by atoms with Crippen LogP contribution in [-0.4, -0.2) is 14.8 Å². The average Bonchev–Trinajstić information content (AvgIpc) is 2.42. The summed E-state index contributed by atoms with van der Waals surface area (Å²) in [5.74, 6) is 0. The second-order valence-electron chi connectivity index (χ2n) is 4.54. The fourth-order valence-corrected chi connectivity index (χ4v) is 2.04. The Labute approximate surface area is 120 Å². The van der Waals surface area contributed by atoms with Gasteiger partial charge in [-0.15, -0.1) is 0 Å². The lowest BCUT2D eigenvalue weighted by atomic mass is 10.0. The van der Waals surface area contributed by atoms with Crippen molar-refractivity contribution in [3.05, 3.63) is 48.0 Å². The number of benzene rings is 1. The highest BCUT2D eigenvalue weighted by Gasteiger charge is 2.29. The summed E-state index contributed by atoms with van der Waals surface area (Å²) in [4.78, 5) is 30.3. The lowest BCUT2D eigenvalue weighted by molar-refractivity contribution is -0.404. The highest BCUT2D eigenvalue weighted by Crippen LogP contribution is 2.34. The van der Waals surface area contributed by atoms with E-state index in [0.29, 0.717) is 6.42 Å². The highest BCUT2D eigenvalue weighted by molar-refractivity contribution is 5.60. The molecule has 0 saturated carbocycles. The fourth-order valence-electron chi connectivity index (χ4n) is 2.04. The van der Waals surface area contributed by atoms with E-state index in [1.807, 2.05) is 6.92 Å². The number of nitrogens with zero attached hydrogens (tertiary/aromatic N) is 3. The molecule has 0 radical (unpaired) electrons. The van der Waals surface area contributed by atoms with Crippen LogP contribution < -0.4 is 0 Å². The van der Waals surface area contributed by atoms with Gasteiger partial charge in [0.2, 0.25) is 0 Å². The molecule has 0 heterocycles. The Morgan fingerprint density at radius 2 is 1.38 bits per heavy atom. The summed E-state index contributed by atoms with van der Waals surface area (Å²) in [6.45, 7) is 2.00. The van der Waals surface area contributed by atoms with E-state index in [0.717, 1.165) is 31.4 Å². The van der Waals surface area contributed by atoms with Crippen molar-refractivity contribution < 1.29 is 14.8 Å². The monoisotopic (exact) mass is 297 g/mol. The van der Waals surface area contributed by atoms with Crippen molar-refractivity contribution >= 4 is 17.1 Å². The van der Waals surface area contributed by atoms with Gasteiger partial charge in [-0.1, -0.05) is 26.2 Å². The molecule has 0 spiro atoms. The van der Waals surface area contributed by atoms with Crippen molar-refractivity contribution in [2.45, 2.75) is 39.0 Å². The number of hydrogen-bond acceptors (Lipinski definition) is 6. The smallest absolute Gasteiger partial charge is 0.258 e. The quantitative estimate of drug-likeness (QED) is 0.410. The molecule has 0 aliphatic rings. The molecule has 0 aliphatic heterocycles. The first kappa shape index (κ1) is 16.5.